The van der Waals surface area contributed by atoms with Crippen molar-refractivity contribution in [2.75, 3.05) is 10.8 Å². The van der Waals surface area contributed by atoms with Crippen LogP contribution in [0.25, 0.3) is 0 Å². The van der Waals surface area contributed by atoms with Gasteiger partial charge < -0.3 is 0 Å². The van der Waals surface area contributed by atoms with E-state index in [0.29, 0.717) is 12.1 Å². The van der Waals surface area contributed by atoms with E-state index in [0.717, 1.165) is 10.0 Å². The fourth-order valence-corrected chi connectivity index (χ4v) is 4.19. The summed E-state index contributed by atoms with van der Waals surface area (Å²) in [5.74, 6) is 0. The molecule has 1 heterocycles. The van der Waals surface area contributed by atoms with Gasteiger partial charge in [0.25, 0.3) is 15.7 Å². The first-order chi connectivity index (χ1) is 10.4. The van der Waals surface area contributed by atoms with Gasteiger partial charge in [-0.15, -0.1) is 0 Å². The van der Waals surface area contributed by atoms with Crippen molar-refractivity contribution < 1.29 is 13.3 Å². The Labute approximate surface area is 135 Å². The summed E-state index contributed by atoms with van der Waals surface area (Å²) in [7, 11) is -3.72. The summed E-state index contributed by atoms with van der Waals surface area (Å²) in [6.45, 7) is 0.287. The van der Waals surface area contributed by atoms with Gasteiger partial charge in [-0.05, 0) is 36.2 Å². The molecule has 1 aliphatic rings. The molecule has 0 saturated carbocycles. The van der Waals surface area contributed by atoms with Crippen LogP contribution in [0.15, 0.2) is 51.8 Å². The lowest BCUT2D eigenvalue weighted by Gasteiger charge is -2.19. The molecule has 2 aromatic rings. The molecule has 0 N–H and O–H groups in total. The Bertz CT molecular complexity index is 850. The second-order valence-corrected chi connectivity index (χ2v) is 7.63. The van der Waals surface area contributed by atoms with Gasteiger partial charge in [-0.25, -0.2) is 8.42 Å². The highest BCUT2D eigenvalue weighted by Crippen LogP contribution is 2.35. The maximum absolute atomic E-state index is 12.7. The molecule has 22 heavy (non-hydrogen) atoms. The fourth-order valence-electron chi connectivity index (χ4n) is 2.44. The highest BCUT2D eigenvalue weighted by atomic mass is 79.9. The van der Waals surface area contributed by atoms with Crippen molar-refractivity contribution in [2.45, 2.75) is 11.3 Å². The van der Waals surface area contributed by atoms with Gasteiger partial charge in [0, 0.05) is 23.2 Å². The average Bonchev–Trinajstić information content (AvgIpc) is 2.91. The van der Waals surface area contributed by atoms with Crippen molar-refractivity contribution in [3.8, 4) is 0 Å². The van der Waals surface area contributed by atoms with Crippen LogP contribution in [-0.4, -0.2) is 19.9 Å². The molecular weight excluding hydrogens is 372 g/mol. The zero-order valence-electron chi connectivity index (χ0n) is 11.3. The molecule has 114 valence electrons. The van der Waals surface area contributed by atoms with Crippen LogP contribution in [0.3, 0.4) is 0 Å². The fraction of sp³-hybridized carbons (Fsp3) is 0.143. The summed E-state index contributed by atoms with van der Waals surface area (Å²) < 4.78 is 27.5. The van der Waals surface area contributed by atoms with Gasteiger partial charge in [0.1, 0.15) is 0 Å². The molecule has 6 nitrogen and oxygen atoms in total. The lowest BCUT2D eigenvalue weighted by molar-refractivity contribution is -0.384. The third kappa shape index (κ3) is 2.48. The minimum atomic E-state index is -3.72. The number of fused-ring (bicyclic) bond motifs is 1. The van der Waals surface area contributed by atoms with Crippen LogP contribution in [0.4, 0.5) is 11.4 Å². The topological polar surface area (TPSA) is 80.5 Å². The Kier molecular flexibility index (Phi) is 3.65. The number of benzene rings is 2. The van der Waals surface area contributed by atoms with Gasteiger partial charge in [0.15, 0.2) is 0 Å². The maximum Gasteiger partial charge on any atom is 0.271 e. The van der Waals surface area contributed by atoms with Crippen molar-refractivity contribution in [1.82, 2.24) is 0 Å². The van der Waals surface area contributed by atoms with E-state index in [2.05, 4.69) is 15.9 Å². The van der Waals surface area contributed by atoms with Crippen LogP contribution in [0, 0.1) is 10.1 Å². The number of halogens is 1. The van der Waals surface area contributed by atoms with Gasteiger partial charge in [-0.1, -0.05) is 22.0 Å². The summed E-state index contributed by atoms with van der Waals surface area (Å²) >= 11 is 3.26. The third-order valence-corrected chi connectivity index (χ3v) is 5.89. The van der Waals surface area contributed by atoms with Crippen molar-refractivity contribution >= 4 is 37.3 Å². The monoisotopic (exact) mass is 382 g/mol. The number of nitro benzene ring substituents is 1. The largest absolute Gasteiger partial charge is 0.271 e. The van der Waals surface area contributed by atoms with E-state index in [9.17, 15) is 18.5 Å². The van der Waals surface area contributed by atoms with E-state index >= 15 is 0 Å². The van der Waals surface area contributed by atoms with Gasteiger partial charge in [0.2, 0.25) is 0 Å². The third-order valence-electron chi connectivity index (χ3n) is 3.53. The number of hydrogen-bond donors (Lipinski definition) is 0. The number of nitrogens with zero attached hydrogens (tertiary/aromatic N) is 2. The summed E-state index contributed by atoms with van der Waals surface area (Å²) in [6.07, 6.45) is 0.545. The van der Waals surface area contributed by atoms with Crippen LogP contribution in [0.5, 0.6) is 0 Å². The lowest BCUT2D eigenvalue weighted by Crippen LogP contribution is -2.29. The molecule has 1 aliphatic heterocycles. The highest BCUT2D eigenvalue weighted by molar-refractivity contribution is 9.10. The lowest BCUT2D eigenvalue weighted by atomic mass is 10.1. The van der Waals surface area contributed by atoms with E-state index in [1.165, 1.54) is 28.6 Å². The average molecular weight is 383 g/mol. The Hall–Kier alpha value is -1.93. The first kappa shape index (κ1) is 15.0. The Morgan fingerprint density at radius 3 is 2.45 bits per heavy atom. The summed E-state index contributed by atoms with van der Waals surface area (Å²) in [6, 6.07) is 10.6. The standard InChI is InChI=1S/C14H11BrN2O4S/c15-11-2-5-13(6-3-11)22(20,21)16-8-7-10-1-4-12(17(18)19)9-14(10)16/h1-6,9H,7-8H2. The summed E-state index contributed by atoms with van der Waals surface area (Å²) in [4.78, 5) is 10.5. The predicted molar refractivity (Wildman–Crippen MR) is 85.5 cm³/mol. The summed E-state index contributed by atoms with van der Waals surface area (Å²) in [5, 5.41) is 10.9. The van der Waals surface area contributed by atoms with Crippen LogP contribution in [0.1, 0.15) is 5.56 Å². The van der Waals surface area contributed by atoms with Crippen molar-refractivity contribution in [2.24, 2.45) is 0 Å². The molecule has 0 fully saturated rings. The molecule has 0 aromatic heterocycles. The molecule has 0 spiro atoms. The second kappa shape index (κ2) is 5.36. The molecule has 2 aromatic carbocycles. The van der Waals surface area contributed by atoms with Gasteiger partial charge >= 0.3 is 0 Å². The van der Waals surface area contributed by atoms with E-state index in [1.54, 1.807) is 18.2 Å². The number of nitro groups is 1. The Morgan fingerprint density at radius 1 is 1.14 bits per heavy atom. The van der Waals surface area contributed by atoms with Crippen molar-refractivity contribution in [3.05, 3.63) is 62.6 Å². The normalized spacial score (nSPS) is 14.0. The van der Waals surface area contributed by atoms with Crippen molar-refractivity contribution in [1.29, 1.82) is 0 Å². The molecule has 0 aliphatic carbocycles. The maximum atomic E-state index is 12.7. The second-order valence-electron chi connectivity index (χ2n) is 4.85. The SMILES string of the molecule is O=[N+]([O-])c1ccc2c(c1)N(S(=O)(=O)c1ccc(Br)cc1)CC2. The highest BCUT2D eigenvalue weighted by Gasteiger charge is 2.32. The van der Waals surface area contributed by atoms with E-state index < -0.39 is 14.9 Å². The molecule has 0 atom stereocenters. The number of rotatable bonds is 3. The zero-order chi connectivity index (χ0) is 15.9. The van der Waals surface area contributed by atoms with Crippen LogP contribution in [0.2, 0.25) is 0 Å². The summed E-state index contributed by atoms with van der Waals surface area (Å²) in [5.41, 5.74) is 1.07. The molecule has 0 amide bonds. The first-order valence-corrected chi connectivity index (χ1v) is 8.68. The molecule has 8 heteroatoms. The van der Waals surface area contributed by atoms with Crippen LogP contribution < -0.4 is 4.31 Å². The van der Waals surface area contributed by atoms with Crippen LogP contribution in [-0.2, 0) is 16.4 Å². The molecule has 0 saturated heterocycles. The van der Waals surface area contributed by atoms with E-state index in [4.69, 9.17) is 0 Å². The minimum Gasteiger partial charge on any atom is -0.265 e. The predicted octanol–water partition coefficient (Wildman–Crippen LogP) is 3.11. The van der Waals surface area contributed by atoms with Crippen LogP contribution >= 0.6 is 15.9 Å². The minimum absolute atomic E-state index is 0.114. The quantitative estimate of drug-likeness (QED) is 0.603. The molecule has 0 radical (unpaired) electrons. The van der Waals surface area contributed by atoms with Gasteiger partial charge in [-0.3, -0.25) is 14.4 Å². The smallest absolute Gasteiger partial charge is 0.265 e. The molecule has 0 bridgehead atoms. The zero-order valence-corrected chi connectivity index (χ0v) is 13.7. The molecule has 3 rings (SSSR count). The molecular formula is C14H11BrN2O4S. The Balaban J connectivity index is 2.06. The van der Waals surface area contributed by atoms with Gasteiger partial charge in [-0.2, -0.15) is 0 Å². The molecule has 0 unspecified atom stereocenters. The number of non-ortho nitro benzene ring substituents is 1. The Morgan fingerprint density at radius 2 is 1.82 bits per heavy atom. The number of hydrogen-bond acceptors (Lipinski definition) is 4. The van der Waals surface area contributed by atoms with Crippen molar-refractivity contribution in [3.63, 3.8) is 0 Å². The number of sulfonamides is 1. The number of anilines is 1. The first-order valence-electron chi connectivity index (χ1n) is 6.45. The van der Waals surface area contributed by atoms with E-state index in [1.807, 2.05) is 0 Å². The van der Waals surface area contributed by atoms with Gasteiger partial charge in [0.05, 0.1) is 15.5 Å². The van der Waals surface area contributed by atoms with E-state index in [-0.39, 0.29) is 17.1 Å².